The molecule has 2 aromatic rings. The van der Waals surface area contributed by atoms with Gasteiger partial charge in [0.1, 0.15) is 5.75 Å². The average Bonchev–Trinajstić information content (AvgIpc) is 3.12. The van der Waals surface area contributed by atoms with Gasteiger partial charge in [0.2, 0.25) is 0 Å². The SMILES string of the molecule is CCOC(=O)COc1c(I)cc(/C=C2/SC(=Nc3ccc(OC)cc3)N(CC)C2=O)cc1OC. The molecular formula is C24H25IN2O6S. The predicted molar refractivity (Wildman–Crippen MR) is 141 cm³/mol. The van der Waals surface area contributed by atoms with Gasteiger partial charge in [-0.25, -0.2) is 9.79 Å². The fraction of sp³-hybridized carbons (Fsp3) is 0.292. The molecule has 0 bridgehead atoms. The number of esters is 1. The van der Waals surface area contributed by atoms with Crippen LogP contribution in [-0.2, 0) is 14.3 Å². The van der Waals surface area contributed by atoms with Crippen LogP contribution in [0.3, 0.4) is 0 Å². The number of hydrogen-bond donors (Lipinski definition) is 0. The van der Waals surface area contributed by atoms with Gasteiger partial charge in [-0.1, -0.05) is 0 Å². The van der Waals surface area contributed by atoms with Crippen molar-refractivity contribution in [2.75, 3.05) is 34.0 Å². The van der Waals surface area contributed by atoms with Crippen LogP contribution in [0.1, 0.15) is 19.4 Å². The number of amides is 1. The first-order valence-corrected chi connectivity index (χ1v) is 12.4. The molecule has 0 N–H and O–H groups in total. The first kappa shape index (κ1) is 25.9. The number of benzene rings is 2. The van der Waals surface area contributed by atoms with E-state index in [-0.39, 0.29) is 19.1 Å². The third kappa shape index (κ3) is 6.23. The third-order valence-corrected chi connectivity index (χ3v) is 6.50. The van der Waals surface area contributed by atoms with E-state index >= 15 is 0 Å². The molecule has 8 nitrogen and oxygen atoms in total. The summed E-state index contributed by atoms with van der Waals surface area (Å²) in [5, 5.41) is 0.611. The smallest absolute Gasteiger partial charge is 0.344 e. The molecule has 2 aromatic carbocycles. The lowest BCUT2D eigenvalue weighted by atomic mass is 10.2. The Kier molecular flexibility index (Phi) is 9.22. The largest absolute Gasteiger partial charge is 0.497 e. The molecule has 3 rings (SSSR count). The molecule has 1 fully saturated rings. The van der Waals surface area contributed by atoms with Gasteiger partial charge in [0.15, 0.2) is 23.3 Å². The van der Waals surface area contributed by atoms with Gasteiger partial charge in [-0.3, -0.25) is 9.69 Å². The lowest BCUT2D eigenvalue weighted by Crippen LogP contribution is -2.28. The molecule has 10 heteroatoms. The number of hydrogen-bond acceptors (Lipinski definition) is 8. The van der Waals surface area contributed by atoms with Crippen molar-refractivity contribution in [3.8, 4) is 17.2 Å². The molecule has 180 valence electrons. The number of nitrogens with zero attached hydrogens (tertiary/aromatic N) is 2. The van der Waals surface area contributed by atoms with Crippen molar-refractivity contribution < 1.29 is 28.5 Å². The van der Waals surface area contributed by atoms with E-state index in [9.17, 15) is 9.59 Å². The Morgan fingerprint density at radius 1 is 1.15 bits per heavy atom. The molecule has 0 atom stereocenters. The van der Waals surface area contributed by atoms with Crippen LogP contribution in [0.5, 0.6) is 17.2 Å². The van der Waals surface area contributed by atoms with Gasteiger partial charge < -0.3 is 18.9 Å². The number of likely N-dealkylation sites (N-methyl/N-ethyl adjacent to an activating group) is 1. The Bertz CT molecular complexity index is 1120. The Hall–Kier alpha value is -2.73. The normalized spacial score (nSPS) is 15.7. The molecule has 1 aliphatic rings. The number of aliphatic imine (C=N–C) groups is 1. The van der Waals surface area contributed by atoms with Gasteiger partial charge in [0.25, 0.3) is 5.91 Å². The van der Waals surface area contributed by atoms with Gasteiger partial charge in [0.05, 0.1) is 35.0 Å². The molecule has 0 saturated carbocycles. The molecule has 0 aliphatic carbocycles. The van der Waals surface area contributed by atoms with Crippen LogP contribution in [0.25, 0.3) is 6.08 Å². The summed E-state index contributed by atoms with van der Waals surface area (Å²) in [6.45, 7) is 4.21. The Morgan fingerprint density at radius 3 is 2.50 bits per heavy atom. The summed E-state index contributed by atoms with van der Waals surface area (Å²) in [6, 6.07) is 11.0. The number of carbonyl (C=O) groups is 2. The lowest BCUT2D eigenvalue weighted by molar-refractivity contribution is -0.145. The third-order valence-electron chi connectivity index (χ3n) is 4.69. The van der Waals surface area contributed by atoms with Crippen molar-refractivity contribution in [2.24, 2.45) is 4.99 Å². The topological polar surface area (TPSA) is 86.7 Å². The molecule has 34 heavy (non-hydrogen) atoms. The Morgan fingerprint density at radius 2 is 1.88 bits per heavy atom. The summed E-state index contributed by atoms with van der Waals surface area (Å²) in [6.07, 6.45) is 1.80. The summed E-state index contributed by atoms with van der Waals surface area (Å²) in [5.41, 5.74) is 1.50. The molecular weight excluding hydrogens is 571 g/mol. The number of thioether (sulfide) groups is 1. The van der Waals surface area contributed by atoms with Crippen LogP contribution in [0.4, 0.5) is 5.69 Å². The number of carbonyl (C=O) groups excluding carboxylic acids is 2. The minimum Gasteiger partial charge on any atom is -0.497 e. The zero-order valence-corrected chi connectivity index (χ0v) is 22.3. The monoisotopic (exact) mass is 596 g/mol. The summed E-state index contributed by atoms with van der Waals surface area (Å²) in [5.74, 6) is 1.07. The van der Waals surface area contributed by atoms with Gasteiger partial charge in [0, 0.05) is 6.54 Å². The quantitative estimate of drug-likeness (QED) is 0.232. The van der Waals surface area contributed by atoms with Crippen LogP contribution >= 0.6 is 34.4 Å². The molecule has 1 amide bonds. The van der Waals surface area contributed by atoms with Crippen LogP contribution in [0.2, 0.25) is 0 Å². The Labute approximate surface area is 216 Å². The second-order valence-corrected chi connectivity index (χ2v) is 9.05. The number of halogens is 1. The molecule has 1 saturated heterocycles. The van der Waals surface area contributed by atoms with Gasteiger partial charge >= 0.3 is 5.97 Å². The van der Waals surface area contributed by atoms with E-state index in [1.807, 2.05) is 37.3 Å². The van der Waals surface area contributed by atoms with Gasteiger partial charge in [-0.15, -0.1) is 0 Å². The van der Waals surface area contributed by atoms with E-state index in [0.717, 1.165) is 20.6 Å². The predicted octanol–water partition coefficient (Wildman–Crippen LogP) is 4.87. The van der Waals surface area contributed by atoms with Crippen LogP contribution in [0.15, 0.2) is 46.3 Å². The van der Waals surface area contributed by atoms with E-state index in [0.29, 0.717) is 28.1 Å². The minimum atomic E-state index is -0.456. The van der Waals surface area contributed by atoms with Gasteiger partial charge in [-0.05, 0) is 96.2 Å². The summed E-state index contributed by atoms with van der Waals surface area (Å²) in [4.78, 5) is 31.5. The number of amidine groups is 1. The van der Waals surface area contributed by atoms with Crippen molar-refractivity contribution in [2.45, 2.75) is 13.8 Å². The average molecular weight is 596 g/mol. The van der Waals surface area contributed by atoms with Crippen LogP contribution in [0, 0.1) is 3.57 Å². The summed E-state index contributed by atoms with van der Waals surface area (Å²) < 4.78 is 21.9. The van der Waals surface area contributed by atoms with Crippen molar-refractivity contribution in [1.29, 1.82) is 0 Å². The summed E-state index contributed by atoms with van der Waals surface area (Å²) >= 11 is 3.42. The number of ether oxygens (including phenoxy) is 4. The van der Waals surface area contributed by atoms with E-state index in [1.54, 1.807) is 31.1 Å². The first-order chi connectivity index (χ1) is 16.4. The second kappa shape index (κ2) is 12.1. The van der Waals surface area contributed by atoms with Crippen LogP contribution < -0.4 is 14.2 Å². The van der Waals surface area contributed by atoms with Crippen molar-refractivity contribution in [3.05, 3.63) is 50.4 Å². The Balaban J connectivity index is 1.86. The first-order valence-electron chi connectivity index (χ1n) is 10.5. The van der Waals surface area contributed by atoms with Crippen molar-refractivity contribution >= 4 is 63.2 Å². The van der Waals surface area contributed by atoms with Crippen molar-refractivity contribution in [3.63, 3.8) is 0 Å². The lowest BCUT2D eigenvalue weighted by Gasteiger charge is -2.13. The van der Waals surface area contributed by atoms with E-state index in [2.05, 4.69) is 27.6 Å². The number of methoxy groups -OCH3 is 2. The molecule has 0 spiro atoms. The molecule has 0 aromatic heterocycles. The zero-order chi connectivity index (χ0) is 24.7. The maximum Gasteiger partial charge on any atom is 0.344 e. The highest BCUT2D eigenvalue weighted by Crippen LogP contribution is 2.38. The van der Waals surface area contributed by atoms with E-state index in [4.69, 9.17) is 18.9 Å². The van der Waals surface area contributed by atoms with E-state index in [1.165, 1.54) is 18.9 Å². The maximum atomic E-state index is 13.0. The molecule has 0 unspecified atom stereocenters. The second-order valence-electron chi connectivity index (χ2n) is 6.88. The molecule has 0 radical (unpaired) electrons. The fourth-order valence-electron chi connectivity index (χ4n) is 3.09. The molecule has 1 heterocycles. The standard InChI is InChI=1S/C24H25IN2O6S/c1-5-27-23(29)20(34-24(27)26-16-7-9-17(30-3)10-8-16)13-15-11-18(25)22(19(12-15)31-4)33-14-21(28)32-6-2/h7-13H,5-6,14H2,1-4H3/b20-13+,26-24?. The highest BCUT2D eigenvalue weighted by molar-refractivity contribution is 14.1. The zero-order valence-electron chi connectivity index (χ0n) is 19.3. The summed E-state index contributed by atoms with van der Waals surface area (Å²) in [7, 11) is 3.13. The fourth-order valence-corrected chi connectivity index (χ4v) is 4.93. The highest BCUT2D eigenvalue weighted by atomic mass is 127. The highest BCUT2D eigenvalue weighted by Gasteiger charge is 2.32. The van der Waals surface area contributed by atoms with E-state index < -0.39 is 5.97 Å². The van der Waals surface area contributed by atoms with Crippen molar-refractivity contribution in [1.82, 2.24) is 4.90 Å². The maximum absolute atomic E-state index is 13.0. The molecule has 1 aliphatic heterocycles. The number of rotatable bonds is 9. The minimum absolute atomic E-state index is 0.114. The van der Waals surface area contributed by atoms with Gasteiger partial charge in [-0.2, -0.15) is 0 Å². The van der Waals surface area contributed by atoms with Crippen LogP contribution in [-0.4, -0.2) is 55.9 Å².